The lowest BCUT2D eigenvalue weighted by Crippen LogP contribution is -2.56. The number of nitrogens with zero attached hydrogens (tertiary/aromatic N) is 5. The van der Waals surface area contributed by atoms with Crippen molar-refractivity contribution < 1.29 is 19.0 Å². The maximum atomic E-state index is 12.3. The molecule has 1 aromatic rings. The lowest BCUT2D eigenvalue weighted by Gasteiger charge is -2.41. The second-order valence-corrected chi connectivity index (χ2v) is 5.15. The fourth-order valence-corrected chi connectivity index (χ4v) is 2.49. The van der Waals surface area contributed by atoms with Gasteiger partial charge in [0, 0.05) is 26.2 Å². The van der Waals surface area contributed by atoms with Crippen LogP contribution < -0.4 is 14.4 Å². The Morgan fingerprint density at radius 2 is 1.68 bits per heavy atom. The van der Waals surface area contributed by atoms with Gasteiger partial charge in [0.05, 0.1) is 33.4 Å². The highest BCUT2D eigenvalue weighted by molar-refractivity contribution is 5.81. The van der Waals surface area contributed by atoms with E-state index in [1.54, 1.807) is 0 Å². The molecule has 0 aromatic carbocycles. The molecule has 0 unspecified atom stereocenters. The number of hydrogen-bond donors (Lipinski definition) is 0. The van der Waals surface area contributed by atoms with E-state index in [0.717, 1.165) is 0 Å². The molecule has 1 aromatic heterocycles. The Bertz CT molecular complexity index is 521. The standard InChI is InChI=1S/C13H19N5O4/c1-20-12-14-11(15-13(16-12)21-2)18-7-9(8-18)10(19)17-3-5-22-6-4-17/h9H,3-8H2,1-2H3. The SMILES string of the molecule is COc1nc(OC)nc(N2CC(C(=O)N3CCOCC3)C2)n1. The number of ether oxygens (including phenoxy) is 3. The maximum Gasteiger partial charge on any atom is 0.324 e. The van der Waals surface area contributed by atoms with Crippen molar-refractivity contribution in [2.45, 2.75) is 0 Å². The van der Waals surface area contributed by atoms with Gasteiger partial charge in [-0.1, -0.05) is 0 Å². The van der Waals surface area contributed by atoms with Crippen LogP contribution in [0.15, 0.2) is 0 Å². The second kappa shape index (κ2) is 6.30. The van der Waals surface area contributed by atoms with E-state index in [1.807, 2.05) is 9.80 Å². The number of aromatic nitrogens is 3. The Labute approximate surface area is 128 Å². The number of rotatable bonds is 4. The molecule has 9 heteroatoms. The summed E-state index contributed by atoms with van der Waals surface area (Å²) in [4.78, 5) is 28.4. The van der Waals surface area contributed by atoms with Gasteiger partial charge in [-0.05, 0) is 0 Å². The molecule has 0 N–H and O–H groups in total. The number of amides is 1. The largest absolute Gasteiger partial charge is 0.467 e. The number of methoxy groups -OCH3 is 2. The van der Waals surface area contributed by atoms with E-state index < -0.39 is 0 Å². The molecule has 0 bridgehead atoms. The molecule has 3 rings (SSSR count). The molecule has 0 radical (unpaired) electrons. The summed E-state index contributed by atoms with van der Waals surface area (Å²) in [5.41, 5.74) is 0. The van der Waals surface area contributed by atoms with Crippen molar-refractivity contribution in [1.82, 2.24) is 19.9 Å². The van der Waals surface area contributed by atoms with Crippen molar-refractivity contribution in [3.05, 3.63) is 0 Å². The van der Waals surface area contributed by atoms with Crippen molar-refractivity contribution >= 4 is 11.9 Å². The van der Waals surface area contributed by atoms with E-state index in [0.29, 0.717) is 45.3 Å². The van der Waals surface area contributed by atoms with E-state index in [4.69, 9.17) is 14.2 Å². The molecule has 0 spiro atoms. The van der Waals surface area contributed by atoms with Crippen LogP contribution in [-0.2, 0) is 9.53 Å². The Morgan fingerprint density at radius 1 is 1.09 bits per heavy atom. The normalized spacial score (nSPS) is 18.8. The smallest absolute Gasteiger partial charge is 0.324 e. The van der Waals surface area contributed by atoms with Gasteiger partial charge in [0.2, 0.25) is 11.9 Å². The number of anilines is 1. The Balaban J connectivity index is 1.61. The number of carbonyl (C=O) groups is 1. The fourth-order valence-electron chi connectivity index (χ4n) is 2.49. The molecule has 0 atom stereocenters. The summed E-state index contributed by atoms with van der Waals surface area (Å²) in [7, 11) is 2.97. The monoisotopic (exact) mass is 309 g/mol. The molecule has 2 saturated heterocycles. The third kappa shape index (κ3) is 2.89. The molecule has 22 heavy (non-hydrogen) atoms. The van der Waals surface area contributed by atoms with Crippen LogP contribution in [0.3, 0.4) is 0 Å². The molecule has 120 valence electrons. The Morgan fingerprint density at radius 3 is 2.23 bits per heavy atom. The van der Waals surface area contributed by atoms with Crippen molar-refractivity contribution in [2.24, 2.45) is 5.92 Å². The first-order chi connectivity index (χ1) is 10.7. The summed E-state index contributed by atoms with van der Waals surface area (Å²) >= 11 is 0. The first-order valence-electron chi connectivity index (χ1n) is 7.17. The minimum Gasteiger partial charge on any atom is -0.467 e. The summed E-state index contributed by atoms with van der Waals surface area (Å²) in [6, 6.07) is 0.398. The van der Waals surface area contributed by atoms with Crippen LogP contribution in [0.5, 0.6) is 12.0 Å². The predicted molar refractivity (Wildman–Crippen MR) is 76.0 cm³/mol. The van der Waals surface area contributed by atoms with Crippen LogP contribution in [0, 0.1) is 5.92 Å². The molecule has 9 nitrogen and oxygen atoms in total. The van der Waals surface area contributed by atoms with Crippen LogP contribution in [0.2, 0.25) is 0 Å². The van der Waals surface area contributed by atoms with Gasteiger partial charge in [-0.15, -0.1) is 4.98 Å². The van der Waals surface area contributed by atoms with Crippen molar-refractivity contribution in [2.75, 3.05) is 58.5 Å². The summed E-state index contributed by atoms with van der Waals surface area (Å²) in [6.45, 7) is 3.75. The van der Waals surface area contributed by atoms with Gasteiger partial charge in [-0.25, -0.2) is 0 Å². The predicted octanol–water partition coefficient (Wildman–Crippen LogP) is -0.816. The third-order valence-corrected chi connectivity index (χ3v) is 3.78. The lowest BCUT2D eigenvalue weighted by molar-refractivity contribution is -0.140. The van der Waals surface area contributed by atoms with Gasteiger partial charge >= 0.3 is 12.0 Å². The van der Waals surface area contributed by atoms with Crippen molar-refractivity contribution in [3.8, 4) is 12.0 Å². The molecule has 1 amide bonds. The highest BCUT2D eigenvalue weighted by Gasteiger charge is 2.37. The highest BCUT2D eigenvalue weighted by atomic mass is 16.5. The summed E-state index contributed by atoms with van der Waals surface area (Å²) < 4.78 is 15.3. The van der Waals surface area contributed by atoms with E-state index in [9.17, 15) is 4.79 Å². The summed E-state index contributed by atoms with van der Waals surface area (Å²) in [5.74, 6) is 0.620. The number of carbonyl (C=O) groups excluding carboxylic acids is 1. The van der Waals surface area contributed by atoms with Crippen LogP contribution >= 0.6 is 0 Å². The van der Waals surface area contributed by atoms with Crippen LogP contribution in [0.4, 0.5) is 5.95 Å². The Kier molecular flexibility index (Phi) is 4.23. The molecule has 3 heterocycles. The maximum absolute atomic E-state index is 12.3. The quantitative estimate of drug-likeness (QED) is 0.713. The summed E-state index contributed by atoms with van der Waals surface area (Å²) in [6.07, 6.45) is 0. The van der Waals surface area contributed by atoms with Gasteiger partial charge in [0.15, 0.2) is 0 Å². The fraction of sp³-hybridized carbons (Fsp3) is 0.692. The van der Waals surface area contributed by atoms with Gasteiger partial charge < -0.3 is 24.0 Å². The Hall–Kier alpha value is -2.16. The van der Waals surface area contributed by atoms with E-state index in [1.165, 1.54) is 14.2 Å². The van der Waals surface area contributed by atoms with E-state index in [2.05, 4.69) is 15.0 Å². The van der Waals surface area contributed by atoms with Gasteiger partial charge in [-0.3, -0.25) is 4.79 Å². The molecule has 2 aliphatic rings. The number of hydrogen-bond acceptors (Lipinski definition) is 8. The van der Waals surface area contributed by atoms with Gasteiger partial charge in [0.25, 0.3) is 0 Å². The molecule has 2 aliphatic heterocycles. The first kappa shape index (κ1) is 14.8. The van der Waals surface area contributed by atoms with Crippen LogP contribution in [0.1, 0.15) is 0 Å². The van der Waals surface area contributed by atoms with Crippen molar-refractivity contribution in [3.63, 3.8) is 0 Å². The zero-order valence-electron chi connectivity index (χ0n) is 12.7. The number of morpholine rings is 1. The lowest BCUT2D eigenvalue weighted by atomic mass is 9.99. The minimum atomic E-state index is -0.0214. The zero-order chi connectivity index (χ0) is 15.5. The van der Waals surface area contributed by atoms with Crippen LogP contribution in [-0.4, -0.2) is 79.4 Å². The highest BCUT2D eigenvalue weighted by Crippen LogP contribution is 2.25. The molecule has 0 saturated carbocycles. The molecule has 2 fully saturated rings. The minimum absolute atomic E-state index is 0.0214. The van der Waals surface area contributed by atoms with Gasteiger partial charge in [-0.2, -0.15) is 9.97 Å². The average molecular weight is 309 g/mol. The van der Waals surface area contributed by atoms with Crippen LogP contribution in [0.25, 0.3) is 0 Å². The van der Waals surface area contributed by atoms with Crippen molar-refractivity contribution in [1.29, 1.82) is 0 Å². The topological polar surface area (TPSA) is 89.9 Å². The summed E-state index contributed by atoms with van der Waals surface area (Å²) in [5, 5.41) is 0. The third-order valence-electron chi connectivity index (χ3n) is 3.78. The van der Waals surface area contributed by atoms with Gasteiger partial charge in [0.1, 0.15) is 0 Å². The molecular weight excluding hydrogens is 290 g/mol. The average Bonchev–Trinajstić information content (AvgIpc) is 2.53. The van der Waals surface area contributed by atoms with E-state index in [-0.39, 0.29) is 23.8 Å². The second-order valence-electron chi connectivity index (χ2n) is 5.15. The zero-order valence-corrected chi connectivity index (χ0v) is 12.7. The van der Waals surface area contributed by atoms with E-state index >= 15 is 0 Å². The first-order valence-corrected chi connectivity index (χ1v) is 7.17. The molecule has 0 aliphatic carbocycles. The molecular formula is C13H19N5O4.